The number of anilines is 1. The zero-order valence-electron chi connectivity index (χ0n) is 10.8. The Labute approximate surface area is 111 Å². The molecule has 2 unspecified atom stereocenters. The van der Waals surface area contributed by atoms with E-state index >= 15 is 0 Å². The second-order valence-corrected chi connectivity index (χ2v) is 4.85. The lowest BCUT2D eigenvalue weighted by molar-refractivity contribution is -0.123. The van der Waals surface area contributed by atoms with Crippen LogP contribution in [0.25, 0.3) is 0 Å². The molecule has 2 aliphatic heterocycles. The van der Waals surface area contributed by atoms with Crippen molar-refractivity contribution in [1.29, 1.82) is 0 Å². The Bertz CT molecular complexity index is 506. The smallest absolute Gasteiger partial charge is 0.244 e. The predicted molar refractivity (Wildman–Crippen MR) is 70.4 cm³/mol. The molecule has 2 heterocycles. The van der Waals surface area contributed by atoms with Crippen molar-refractivity contribution >= 4 is 11.6 Å². The first-order valence-corrected chi connectivity index (χ1v) is 6.36. The molecule has 0 spiro atoms. The van der Waals surface area contributed by atoms with Crippen LogP contribution in [0.4, 0.5) is 5.69 Å². The number of ether oxygens (including phenoxy) is 2. The summed E-state index contributed by atoms with van der Waals surface area (Å²) in [4.78, 5) is 14.0. The Balaban J connectivity index is 1.92. The van der Waals surface area contributed by atoms with Crippen LogP contribution in [0.2, 0.25) is 0 Å². The lowest BCUT2D eigenvalue weighted by Gasteiger charge is -2.39. The Hall–Kier alpha value is -1.95. The number of carbonyl (C=O) groups excluding carboxylic acids is 1. The quantitative estimate of drug-likeness (QED) is 0.789. The van der Waals surface area contributed by atoms with E-state index in [0.29, 0.717) is 5.75 Å². The van der Waals surface area contributed by atoms with Crippen LogP contribution >= 0.6 is 0 Å². The fraction of sp³-hybridized carbons (Fsp3) is 0.462. The Morgan fingerprint density at radius 2 is 2.21 bits per heavy atom. The average molecular weight is 263 g/mol. The van der Waals surface area contributed by atoms with Crippen molar-refractivity contribution in [2.75, 3.05) is 24.8 Å². The molecule has 3 rings (SSSR count). The van der Waals surface area contributed by atoms with Crippen molar-refractivity contribution in [1.82, 2.24) is 5.32 Å². The first-order chi connectivity index (χ1) is 9.19. The van der Waals surface area contributed by atoms with Crippen LogP contribution in [0, 0.1) is 0 Å². The number of hydrogen-bond donors (Lipinski definition) is 2. The zero-order valence-corrected chi connectivity index (χ0v) is 10.8. The van der Waals surface area contributed by atoms with Crippen LogP contribution in [0.15, 0.2) is 18.2 Å². The van der Waals surface area contributed by atoms with Crippen LogP contribution < -0.4 is 25.4 Å². The standard InChI is InChI=1S/C13H17N3O3/c1-8-6-16(10(5-14)13(17)15-8)9-2-3-11-12(4-9)19-7-18-11/h2-4,8,10H,5-7,14H2,1H3,(H,15,17). The van der Waals surface area contributed by atoms with E-state index in [2.05, 4.69) is 5.32 Å². The summed E-state index contributed by atoms with van der Waals surface area (Å²) in [7, 11) is 0. The molecule has 0 saturated carbocycles. The van der Waals surface area contributed by atoms with E-state index in [1.165, 1.54) is 0 Å². The molecule has 1 saturated heterocycles. The number of piperazine rings is 1. The molecule has 6 nitrogen and oxygen atoms in total. The third-order valence-electron chi connectivity index (χ3n) is 3.45. The topological polar surface area (TPSA) is 76.8 Å². The van der Waals surface area contributed by atoms with Crippen LogP contribution in [-0.2, 0) is 4.79 Å². The summed E-state index contributed by atoms with van der Waals surface area (Å²) < 4.78 is 10.7. The number of rotatable bonds is 2. The highest BCUT2D eigenvalue weighted by molar-refractivity contribution is 5.87. The SMILES string of the molecule is CC1CN(c2ccc3c(c2)OCO3)C(CN)C(=O)N1. The van der Waals surface area contributed by atoms with E-state index < -0.39 is 0 Å². The summed E-state index contributed by atoms with van der Waals surface area (Å²) in [6.45, 7) is 3.24. The van der Waals surface area contributed by atoms with Crippen molar-refractivity contribution in [2.24, 2.45) is 5.73 Å². The molecule has 3 N–H and O–H groups in total. The molecule has 102 valence electrons. The number of benzene rings is 1. The van der Waals surface area contributed by atoms with Gasteiger partial charge in [-0.1, -0.05) is 0 Å². The van der Waals surface area contributed by atoms with Gasteiger partial charge in [0.1, 0.15) is 6.04 Å². The monoisotopic (exact) mass is 263 g/mol. The van der Waals surface area contributed by atoms with Gasteiger partial charge >= 0.3 is 0 Å². The second kappa shape index (κ2) is 4.62. The fourth-order valence-electron chi connectivity index (χ4n) is 2.53. The molecule has 19 heavy (non-hydrogen) atoms. The van der Waals surface area contributed by atoms with Gasteiger partial charge in [-0.3, -0.25) is 4.79 Å². The summed E-state index contributed by atoms with van der Waals surface area (Å²) in [5.41, 5.74) is 6.65. The molecule has 6 heteroatoms. The number of nitrogens with two attached hydrogens (primary N) is 1. The molecular weight excluding hydrogens is 246 g/mol. The van der Waals surface area contributed by atoms with E-state index in [9.17, 15) is 4.79 Å². The van der Waals surface area contributed by atoms with Gasteiger partial charge in [-0.25, -0.2) is 0 Å². The van der Waals surface area contributed by atoms with E-state index in [4.69, 9.17) is 15.2 Å². The molecule has 1 aromatic carbocycles. The van der Waals surface area contributed by atoms with E-state index in [1.54, 1.807) is 0 Å². The number of amides is 1. The number of fused-ring (bicyclic) bond motifs is 1. The van der Waals surface area contributed by atoms with E-state index in [-0.39, 0.29) is 31.3 Å². The molecule has 1 fully saturated rings. The minimum Gasteiger partial charge on any atom is -0.454 e. The highest BCUT2D eigenvalue weighted by atomic mass is 16.7. The van der Waals surface area contributed by atoms with Crippen molar-refractivity contribution in [2.45, 2.75) is 19.0 Å². The van der Waals surface area contributed by atoms with Crippen LogP contribution in [0.5, 0.6) is 11.5 Å². The highest BCUT2D eigenvalue weighted by Gasteiger charge is 2.32. The maximum absolute atomic E-state index is 12.0. The molecule has 2 aliphatic rings. The maximum Gasteiger partial charge on any atom is 0.244 e. The van der Waals surface area contributed by atoms with Crippen LogP contribution in [0.3, 0.4) is 0 Å². The minimum atomic E-state index is -0.337. The average Bonchev–Trinajstić information content (AvgIpc) is 2.85. The van der Waals surface area contributed by atoms with Crippen molar-refractivity contribution in [3.63, 3.8) is 0 Å². The Kier molecular flexibility index (Phi) is 2.94. The van der Waals surface area contributed by atoms with Gasteiger partial charge in [0.15, 0.2) is 11.5 Å². The first-order valence-electron chi connectivity index (χ1n) is 6.36. The largest absolute Gasteiger partial charge is 0.454 e. The molecule has 2 atom stereocenters. The minimum absolute atomic E-state index is 0.0288. The lowest BCUT2D eigenvalue weighted by atomic mass is 10.1. The van der Waals surface area contributed by atoms with Gasteiger partial charge in [-0.15, -0.1) is 0 Å². The lowest BCUT2D eigenvalue weighted by Crippen LogP contribution is -2.61. The molecule has 1 aromatic rings. The van der Waals surface area contributed by atoms with Gasteiger partial charge in [-0.05, 0) is 19.1 Å². The number of nitrogens with zero attached hydrogens (tertiary/aromatic N) is 1. The maximum atomic E-state index is 12.0. The zero-order chi connectivity index (χ0) is 13.4. The second-order valence-electron chi connectivity index (χ2n) is 4.85. The Morgan fingerprint density at radius 1 is 1.42 bits per heavy atom. The van der Waals surface area contributed by atoms with Crippen molar-refractivity contribution in [3.8, 4) is 11.5 Å². The summed E-state index contributed by atoms with van der Waals surface area (Å²) in [6, 6.07) is 5.46. The van der Waals surface area contributed by atoms with Crippen LogP contribution in [0.1, 0.15) is 6.92 Å². The summed E-state index contributed by atoms with van der Waals surface area (Å²) in [6.07, 6.45) is 0. The van der Waals surface area contributed by atoms with Crippen LogP contribution in [-0.4, -0.2) is 37.9 Å². The van der Waals surface area contributed by atoms with Gasteiger partial charge in [0, 0.05) is 30.9 Å². The number of hydrogen-bond acceptors (Lipinski definition) is 5. The summed E-state index contributed by atoms with van der Waals surface area (Å²) >= 11 is 0. The third-order valence-corrected chi connectivity index (χ3v) is 3.45. The molecule has 0 aliphatic carbocycles. The van der Waals surface area contributed by atoms with Crippen molar-refractivity contribution < 1.29 is 14.3 Å². The highest BCUT2D eigenvalue weighted by Crippen LogP contribution is 2.36. The van der Waals surface area contributed by atoms with Gasteiger partial charge in [-0.2, -0.15) is 0 Å². The van der Waals surface area contributed by atoms with E-state index in [1.807, 2.05) is 30.0 Å². The van der Waals surface area contributed by atoms with E-state index in [0.717, 1.165) is 18.0 Å². The van der Waals surface area contributed by atoms with Gasteiger partial charge in [0.05, 0.1) is 0 Å². The first kappa shape index (κ1) is 12.1. The molecule has 0 bridgehead atoms. The van der Waals surface area contributed by atoms with Crippen molar-refractivity contribution in [3.05, 3.63) is 18.2 Å². The van der Waals surface area contributed by atoms with Gasteiger partial charge in [0.25, 0.3) is 0 Å². The normalized spacial score (nSPS) is 25.4. The van der Waals surface area contributed by atoms with Gasteiger partial charge in [0.2, 0.25) is 12.7 Å². The molecular formula is C13H17N3O3. The molecule has 0 radical (unpaired) electrons. The molecule has 0 aromatic heterocycles. The molecule has 1 amide bonds. The summed E-state index contributed by atoms with van der Waals surface area (Å²) in [5, 5.41) is 2.92. The Morgan fingerprint density at radius 3 is 3.00 bits per heavy atom. The van der Waals surface area contributed by atoms with Gasteiger partial charge < -0.3 is 25.4 Å². The third kappa shape index (κ3) is 2.08. The predicted octanol–water partition coefficient (Wildman–Crippen LogP) is 0.0673. The number of carbonyl (C=O) groups is 1. The summed E-state index contributed by atoms with van der Waals surface area (Å²) in [5.74, 6) is 1.42. The number of nitrogens with one attached hydrogen (secondary N) is 1. The fourth-order valence-corrected chi connectivity index (χ4v) is 2.53.